The smallest absolute Gasteiger partial charge is 0.152 e. The molecule has 0 heterocycles. The van der Waals surface area contributed by atoms with Crippen LogP contribution in [0, 0.1) is 0 Å². The van der Waals surface area contributed by atoms with Gasteiger partial charge in [-0.1, -0.05) is 121 Å². The van der Waals surface area contributed by atoms with E-state index in [1.54, 1.807) is 11.8 Å². The molecule has 0 amide bonds. The first-order valence-corrected chi connectivity index (χ1v) is 12.8. The maximum Gasteiger partial charge on any atom is 0.152 e. The Bertz CT molecular complexity index is 1060. The molecule has 0 spiro atoms. The highest BCUT2D eigenvalue weighted by atomic mass is 32.2. The van der Waals surface area contributed by atoms with E-state index in [9.17, 15) is 4.57 Å². The van der Waals surface area contributed by atoms with Crippen LogP contribution in [0.3, 0.4) is 0 Å². The van der Waals surface area contributed by atoms with Gasteiger partial charge >= 0.3 is 0 Å². The zero-order valence-corrected chi connectivity index (χ0v) is 18.3. The Morgan fingerprint density at radius 2 is 0.967 bits per heavy atom. The largest absolute Gasteiger partial charge is 0.313 e. The molecule has 3 heteroatoms. The van der Waals surface area contributed by atoms with Crippen LogP contribution in [0.2, 0.25) is 0 Å². The molecule has 0 aliphatic rings. The summed E-state index contributed by atoms with van der Waals surface area (Å²) in [6.07, 6.45) is 0. The van der Waals surface area contributed by atoms with Crippen LogP contribution in [0.25, 0.3) is 5.57 Å². The Hall–Kier alpha value is -2.80. The van der Waals surface area contributed by atoms with Crippen LogP contribution >= 0.6 is 18.9 Å². The third-order valence-corrected chi connectivity index (χ3v) is 9.69. The lowest BCUT2D eigenvalue weighted by molar-refractivity contribution is 0.590. The lowest BCUT2D eigenvalue weighted by atomic mass is 10.00. The molecule has 0 unspecified atom stereocenters. The quantitative estimate of drug-likeness (QED) is 0.303. The van der Waals surface area contributed by atoms with E-state index in [2.05, 4.69) is 53.9 Å². The van der Waals surface area contributed by atoms with Crippen molar-refractivity contribution in [2.75, 3.05) is 5.49 Å². The molecule has 0 aliphatic carbocycles. The fourth-order valence-electron chi connectivity index (χ4n) is 3.40. The minimum atomic E-state index is -2.75. The van der Waals surface area contributed by atoms with Crippen molar-refractivity contribution in [2.24, 2.45) is 0 Å². The second kappa shape index (κ2) is 9.80. The van der Waals surface area contributed by atoms with E-state index in [4.69, 9.17) is 0 Å². The molecule has 30 heavy (non-hydrogen) atoms. The zero-order chi connectivity index (χ0) is 20.7. The van der Waals surface area contributed by atoms with Crippen molar-refractivity contribution in [1.29, 1.82) is 0 Å². The maximum atomic E-state index is 14.2. The zero-order valence-electron chi connectivity index (χ0n) is 16.6. The predicted molar refractivity (Wildman–Crippen MR) is 132 cm³/mol. The SMILES string of the molecule is O=P(CSC=C(c1ccccc1)c1ccccc1)(c1ccccc1)c1ccccc1. The van der Waals surface area contributed by atoms with Gasteiger partial charge in [-0.25, -0.2) is 0 Å². The average Bonchev–Trinajstić information content (AvgIpc) is 2.84. The number of benzene rings is 4. The van der Waals surface area contributed by atoms with E-state index in [0.717, 1.165) is 27.3 Å². The molecule has 1 nitrogen and oxygen atoms in total. The molecule has 0 saturated carbocycles. The fourth-order valence-corrected chi connectivity index (χ4v) is 7.77. The van der Waals surface area contributed by atoms with E-state index in [0.29, 0.717) is 5.49 Å². The summed E-state index contributed by atoms with van der Waals surface area (Å²) in [6, 6.07) is 40.4. The van der Waals surface area contributed by atoms with E-state index in [-0.39, 0.29) is 0 Å². The van der Waals surface area contributed by atoms with Gasteiger partial charge in [0.2, 0.25) is 0 Å². The van der Waals surface area contributed by atoms with Gasteiger partial charge in [-0.2, -0.15) is 0 Å². The van der Waals surface area contributed by atoms with Crippen molar-refractivity contribution < 1.29 is 4.57 Å². The standard InChI is InChI=1S/C27H23OPS/c28-29(25-17-9-3-10-18-25,26-19-11-4-12-20-26)22-30-21-27(23-13-5-1-6-14-23)24-15-7-2-8-16-24/h1-21H,22H2. The Labute approximate surface area is 182 Å². The van der Waals surface area contributed by atoms with Gasteiger partial charge in [0.05, 0.1) is 5.49 Å². The Kier molecular flexibility index (Phi) is 6.69. The monoisotopic (exact) mass is 426 g/mol. The highest BCUT2D eigenvalue weighted by Crippen LogP contribution is 2.47. The van der Waals surface area contributed by atoms with Gasteiger partial charge in [0.15, 0.2) is 7.14 Å². The van der Waals surface area contributed by atoms with Crippen LogP contribution in [0.1, 0.15) is 11.1 Å². The number of rotatable bonds is 7. The van der Waals surface area contributed by atoms with Crippen LogP contribution in [0.15, 0.2) is 127 Å². The third-order valence-electron chi connectivity index (χ3n) is 4.97. The Morgan fingerprint density at radius 1 is 0.600 bits per heavy atom. The first-order valence-electron chi connectivity index (χ1n) is 9.90. The summed E-state index contributed by atoms with van der Waals surface area (Å²) in [6.45, 7) is 0. The number of hydrogen-bond acceptors (Lipinski definition) is 2. The van der Waals surface area contributed by atoms with Crippen molar-refractivity contribution in [3.05, 3.63) is 138 Å². The Balaban J connectivity index is 1.69. The predicted octanol–water partition coefficient (Wildman–Crippen LogP) is 6.78. The normalized spacial score (nSPS) is 11.1. The molecule has 4 rings (SSSR count). The van der Waals surface area contributed by atoms with Crippen LogP contribution in [0.4, 0.5) is 0 Å². The summed E-state index contributed by atoms with van der Waals surface area (Å²) in [5.41, 5.74) is 3.98. The van der Waals surface area contributed by atoms with Crippen molar-refractivity contribution >= 4 is 35.1 Å². The van der Waals surface area contributed by atoms with E-state index < -0.39 is 7.14 Å². The molecule has 0 aliphatic heterocycles. The molecule has 4 aromatic carbocycles. The molecular formula is C27H23OPS. The maximum absolute atomic E-state index is 14.2. The highest BCUT2D eigenvalue weighted by molar-refractivity contribution is 8.10. The molecule has 0 aromatic heterocycles. The molecular weight excluding hydrogens is 403 g/mol. The van der Waals surface area contributed by atoms with Gasteiger partial charge in [-0.15, -0.1) is 11.8 Å². The van der Waals surface area contributed by atoms with Gasteiger partial charge in [0.25, 0.3) is 0 Å². The first kappa shape index (κ1) is 20.5. The highest BCUT2D eigenvalue weighted by Gasteiger charge is 2.26. The molecule has 0 saturated heterocycles. The molecule has 0 radical (unpaired) electrons. The van der Waals surface area contributed by atoms with Crippen molar-refractivity contribution in [3.8, 4) is 0 Å². The number of thioether (sulfide) groups is 1. The molecule has 148 valence electrons. The van der Waals surface area contributed by atoms with Gasteiger partial charge in [-0.05, 0) is 22.1 Å². The van der Waals surface area contributed by atoms with Crippen LogP contribution in [-0.2, 0) is 4.57 Å². The van der Waals surface area contributed by atoms with E-state index in [1.165, 1.54) is 0 Å². The van der Waals surface area contributed by atoms with Crippen LogP contribution in [-0.4, -0.2) is 5.49 Å². The lowest BCUT2D eigenvalue weighted by Crippen LogP contribution is -2.17. The molecule has 0 fully saturated rings. The minimum absolute atomic E-state index is 0.518. The second-order valence-corrected chi connectivity index (χ2v) is 11.1. The number of hydrogen-bond donors (Lipinski definition) is 0. The van der Waals surface area contributed by atoms with Gasteiger partial charge in [0, 0.05) is 10.6 Å². The van der Waals surface area contributed by atoms with Crippen molar-refractivity contribution in [1.82, 2.24) is 0 Å². The molecule has 0 N–H and O–H groups in total. The lowest BCUT2D eigenvalue weighted by Gasteiger charge is -2.18. The minimum Gasteiger partial charge on any atom is -0.313 e. The van der Waals surface area contributed by atoms with E-state index >= 15 is 0 Å². The van der Waals surface area contributed by atoms with Crippen molar-refractivity contribution in [3.63, 3.8) is 0 Å². The van der Waals surface area contributed by atoms with Gasteiger partial charge in [0.1, 0.15) is 0 Å². The summed E-state index contributed by atoms with van der Waals surface area (Å²) >= 11 is 1.62. The summed E-state index contributed by atoms with van der Waals surface area (Å²) in [5.74, 6) is 0. The topological polar surface area (TPSA) is 17.1 Å². The summed E-state index contributed by atoms with van der Waals surface area (Å²) in [5, 5.41) is 3.96. The summed E-state index contributed by atoms with van der Waals surface area (Å²) in [7, 11) is -2.75. The van der Waals surface area contributed by atoms with Crippen LogP contribution in [0.5, 0.6) is 0 Å². The first-order chi connectivity index (χ1) is 14.8. The molecule has 0 bridgehead atoms. The summed E-state index contributed by atoms with van der Waals surface area (Å²) < 4.78 is 14.2. The third kappa shape index (κ3) is 4.67. The molecule has 4 aromatic rings. The second-order valence-electron chi connectivity index (χ2n) is 6.97. The van der Waals surface area contributed by atoms with Gasteiger partial charge in [-0.3, -0.25) is 0 Å². The van der Waals surface area contributed by atoms with Gasteiger partial charge < -0.3 is 4.57 Å². The fraction of sp³-hybridized carbons (Fsp3) is 0.0370. The molecule has 0 atom stereocenters. The van der Waals surface area contributed by atoms with Crippen molar-refractivity contribution in [2.45, 2.75) is 0 Å². The average molecular weight is 427 g/mol. The Morgan fingerprint density at radius 3 is 1.37 bits per heavy atom. The van der Waals surface area contributed by atoms with E-state index in [1.807, 2.05) is 72.8 Å². The summed E-state index contributed by atoms with van der Waals surface area (Å²) in [4.78, 5) is 0. The van der Waals surface area contributed by atoms with Crippen LogP contribution < -0.4 is 10.6 Å².